The summed E-state index contributed by atoms with van der Waals surface area (Å²) in [4.78, 5) is 21.7. The fourth-order valence-electron chi connectivity index (χ4n) is 1.33. The second-order valence-electron chi connectivity index (χ2n) is 3.89. The van der Waals surface area contributed by atoms with Gasteiger partial charge in [-0.25, -0.2) is 4.79 Å². The molecule has 0 spiro atoms. The number of carbonyl (C=O) groups is 2. The molecule has 0 radical (unpaired) electrons. The Hall–Kier alpha value is -2.30. The summed E-state index contributed by atoms with van der Waals surface area (Å²) in [5, 5.41) is 11.0. The van der Waals surface area contributed by atoms with Gasteiger partial charge < -0.3 is 15.2 Å². The number of nitrogens with one attached hydrogen (secondary N) is 1. The first-order chi connectivity index (χ1) is 9.11. The Bertz CT molecular complexity index is 468. The molecule has 0 aliphatic rings. The van der Waals surface area contributed by atoms with Crippen LogP contribution >= 0.6 is 0 Å². The van der Waals surface area contributed by atoms with E-state index in [4.69, 9.17) is 9.84 Å². The minimum Gasteiger partial charge on any atom is -0.494 e. The lowest BCUT2D eigenvalue weighted by molar-refractivity contribution is -0.131. The third-order valence-corrected chi connectivity index (χ3v) is 2.25. The summed E-state index contributed by atoms with van der Waals surface area (Å²) in [6.07, 6.45) is 3.78. The summed E-state index contributed by atoms with van der Waals surface area (Å²) >= 11 is 0. The SMILES string of the molecule is CCCCOc1cccc(NC(=O)C=CC(=O)O)c1. The minimum absolute atomic E-state index is 0.492. The minimum atomic E-state index is -1.16. The molecule has 19 heavy (non-hydrogen) atoms. The average Bonchev–Trinajstić information content (AvgIpc) is 2.37. The Morgan fingerprint density at radius 1 is 1.37 bits per heavy atom. The average molecular weight is 263 g/mol. The van der Waals surface area contributed by atoms with Crippen LogP contribution in [0.5, 0.6) is 5.75 Å². The van der Waals surface area contributed by atoms with Crippen molar-refractivity contribution in [3.05, 3.63) is 36.4 Å². The zero-order valence-electron chi connectivity index (χ0n) is 10.8. The maximum absolute atomic E-state index is 11.4. The first-order valence-electron chi connectivity index (χ1n) is 6.06. The summed E-state index contributed by atoms with van der Waals surface area (Å²) in [7, 11) is 0. The number of ether oxygens (including phenoxy) is 1. The Balaban J connectivity index is 2.56. The number of carboxylic acid groups (broad SMARTS) is 1. The third kappa shape index (κ3) is 6.26. The van der Waals surface area contributed by atoms with Gasteiger partial charge in [-0.05, 0) is 18.6 Å². The lowest BCUT2D eigenvalue weighted by atomic mass is 10.3. The van der Waals surface area contributed by atoms with E-state index in [1.807, 2.05) is 0 Å². The number of rotatable bonds is 7. The van der Waals surface area contributed by atoms with Crippen molar-refractivity contribution in [2.24, 2.45) is 0 Å². The van der Waals surface area contributed by atoms with Gasteiger partial charge in [0.15, 0.2) is 0 Å². The van der Waals surface area contributed by atoms with Crippen molar-refractivity contribution in [2.75, 3.05) is 11.9 Å². The molecule has 0 aliphatic heterocycles. The first kappa shape index (κ1) is 14.8. The van der Waals surface area contributed by atoms with Crippen LogP contribution in [0.25, 0.3) is 0 Å². The van der Waals surface area contributed by atoms with E-state index in [1.54, 1.807) is 24.3 Å². The topological polar surface area (TPSA) is 75.6 Å². The van der Waals surface area contributed by atoms with Crippen molar-refractivity contribution < 1.29 is 19.4 Å². The number of benzene rings is 1. The molecule has 0 fully saturated rings. The van der Waals surface area contributed by atoms with Crippen LogP contribution in [-0.2, 0) is 9.59 Å². The molecule has 0 atom stereocenters. The standard InChI is InChI=1S/C14H17NO4/c1-2-3-9-19-12-6-4-5-11(10-12)15-13(16)7-8-14(17)18/h4-8,10H,2-3,9H2,1H3,(H,15,16)(H,17,18). The van der Waals surface area contributed by atoms with E-state index in [9.17, 15) is 9.59 Å². The van der Waals surface area contributed by atoms with Gasteiger partial charge in [0.25, 0.3) is 0 Å². The first-order valence-corrected chi connectivity index (χ1v) is 6.06. The van der Waals surface area contributed by atoms with Gasteiger partial charge in [-0.15, -0.1) is 0 Å². The van der Waals surface area contributed by atoms with Crippen LogP contribution in [0.2, 0.25) is 0 Å². The lowest BCUT2D eigenvalue weighted by Gasteiger charge is -2.07. The molecule has 0 heterocycles. The van der Waals surface area contributed by atoms with Crippen LogP contribution in [0.15, 0.2) is 36.4 Å². The Morgan fingerprint density at radius 3 is 2.84 bits per heavy atom. The molecule has 1 amide bonds. The van der Waals surface area contributed by atoms with Crippen molar-refractivity contribution in [1.82, 2.24) is 0 Å². The van der Waals surface area contributed by atoms with Crippen molar-refractivity contribution in [3.8, 4) is 5.75 Å². The van der Waals surface area contributed by atoms with Crippen LogP contribution in [0.3, 0.4) is 0 Å². The number of hydrogen-bond acceptors (Lipinski definition) is 3. The van der Waals surface area contributed by atoms with E-state index in [1.165, 1.54) is 0 Å². The molecule has 1 rings (SSSR count). The molecular weight excluding hydrogens is 246 g/mol. The summed E-state index contributed by atoms with van der Waals surface area (Å²) < 4.78 is 5.50. The molecule has 0 aromatic heterocycles. The van der Waals surface area contributed by atoms with E-state index in [2.05, 4.69) is 12.2 Å². The van der Waals surface area contributed by atoms with E-state index < -0.39 is 11.9 Å². The second kappa shape index (κ2) is 7.92. The smallest absolute Gasteiger partial charge is 0.328 e. The predicted octanol–water partition coefficient (Wildman–Crippen LogP) is 2.44. The second-order valence-corrected chi connectivity index (χ2v) is 3.89. The Labute approximate surface area is 111 Å². The molecule has 5 nitrogen and oxygen atoms in total. The Morgan fingerprint density at radius 2 is 2.16 bits per heavy atom. The fraction of sp³-hybridized carbons (Fsp3) is 0.286. The highest BCUT2D eigenvalue weighted by Crippen LogP contribution is 2.17. The molecule has 0 aliphatic carbocycles. The van der Waals surface area contributed by atoms with Gasteiger partial charge in [0.2, 0.25) is 5.91 Å². The molecule has 0 saturated carbocycles. The molecule has 2 N–H and O–H groups in total. The highest BCUT2D eigenvalue weighted by molar-refractivity contribution is 6.02. The summed E-state index contributed by atoms with van der Waals surface area (Å²) in [6, 6.07) is 6.97. The molecule has 5 heteroatoms. The van der Waals surface area contributed by atoms with Crippen molar-refractivity contribution >= 4 is 17.6 Å². The third-order valence-electron chi connectivity index (χ3n) is 2.25. The van der Waals surface area contributed by atoms with Crippen molar-refractivity contribution in [2.45, 2.75) is 19.8 Å². The summed E-state index contributed by atoms with van der Waals surface area (Å²) in [6.45, 7) is 2.71. The van der Waals surface area contributed by atoms with E-state index in [0.717, 1.165) is 25.0 Å². The van der Waals surface area contributed by atoms with Gasteiger partial charge >= 0.3 is 5.97 Å². The van der Waals surface area contributed by atoms with E-state index in [-0.39, 0.29) is 0 Å². The number of carboxylic acids is 1. The van der Waals surface area contributed by atoms with Crippen LogP contribution in [0.4, 0.5) is 5.69 Å². The van der Waals surface area contributed by atoms with Crippen molar-refractivity contribution in [3.63, 3.8) is 0 Å². The summed E-state index contributed by atoms with van der Waals surface area (Å²) in [5.41, 5.74) is 0.564. The van der Waals surface area contributed by atoms with Crippen LogP contribution in [0, 0.1) is 0 Å². The molecule has 102 valence electrons. The van der Waals surface area contributed by atoms with Crippen LogP contribution in [-0.4, -0.2) is 23.6 Å². The van der Waals surface area contributed by atoms with Crippen LogP contribution < -0.4 is 10.1 Å². The number of carbonyl (C=O) groups excluding carboxylic acids is 1. The molecule has 0 bridgehead atoms. The number of unbranched alkanes of at least 4 members (excludes halogenated alkanes) is 1. The van der Waals surface area contributed by atoms with E-state index in [0.29, 0.717) is 18.0 Å². The monoisotopic (exact) mass is 263 g/mol. The van der Waals surface area contributed by atoms with Gasteiger partial charge in [-0.3, -0.25) is 4.79 Å². The van der Waals surface area contributed by atoms with Gasteiger partial charge in [0.1, 0.15) is 5.75 Å². The van der Waals surface area contributed by atoms with Gasteiger partial charge in [-0.1, -0.05) is 19.4 Å². The number of amides is 1. The molecule has 0 unspecified atom stereocenters. The van der Waals surface area contributed by atoms with E-state index >= 15 is 0 Å². The molecule has 0 saturated heterocycles. The Kier molecular flexibility index (Phi) is 6.15. The molecular formula is C14H17NO4. The fourth-order valence-corrected chi connectivity index (χ4v) is 1.33. The number of aliphatic carboxylic acids is 1. The normalized spacial score (nSPS) is 10.4. The maximum atomic E-state index is 11.4. The van der Waals surface area contributed by atoms with Gasteiger partial charge in [-0.2, -0.15) is 0 Å². The predicted molar refractivity (Wildman–Crippen MR) is 72.3 cm³/mol. The molecule has 1 aromatic carbocycles. The number of hydrogen-bond donors (Lipinski definition) is 2. The summed E-state index contributed by atoms with van der Waals surface area (Å²) in [5.74, 6) is -0.978. The largest absolute Gasteiger partial charge is 0.494 e. The van der Waals surface area contributed by atoms with Gasteiger partial charge in [0, 0.05) is 23.9 Å². The highest BCUT2D eigenvalue weighted by atomic mass is 16.5. The molecule has 1 aromatic rings. The zero-order valence-corrected chi connectivity index (χ0v) is 10.8. The van der Waals surface area contributed by atoms with Crippen molar-refractivity contribution in [1.29, 1.82) is 0 Å². The highest BCUT2D eigenvalue weighted by Gasteiger charge is 2.01. The number of anilines is 1. The quantitative estimate of drug-likeness (QED) is 0.585. The lowest BCUT2D eigenvalue weighted by Crippen LogP contribution is -2.08. The van der Waals surface area contributed by atoms with Gasteiger partial charge in [0.05, 0.1) is 6.61 Å². The maximum Gasteiger partial charge on any atom is 0.328 e. The van der Waals surface area contributed by atoms with Crippen LogP contribution in [0.1, 0.15) is 19.8 Å². The zero-order chi connectivity index (χ0) is 14.1.